The van der Waals surface area contributed by atoms with Gasteiger partial charge in [0.05, 0.1) is 0 Å². The van der Waals surface area contributed by atoms with Crippen molar-refractivity contribution in [3.8, 4) is 11.1 Å². The van der Waals surface area contributed by atoms with E-state index in [9.17, 15) is 0 Å². The van der Waals surface area contributed by atoms with Gasteiger partial charge in [0.25, 0.3) is 0 Å². The summed E-state index contributed by atoms with van der Waals surface area (Å²) in [5.74, 6) is 0. The van der Waals surface area contributed by atoms with E-state index in [1.165, 1.54) is 196 Å². The van der Waals surface area contributed by atoms with Gasteiger partial charge in [-0.25, -0.2) is 0 Å². The zero-order valence-corrected chi connectivity index (χ0v) is 76.7. The Balaban J connectivity index is 0.0000000943. The smallest absolute Gasteiger partial charge is 0.138 e. The molecule has 0 radical (unpaired) electrons. The molecule has 0 spiro atoms. The quantitative estimate of drug-likeness (QED) is 0.164. The lowest BCUT2D eigenvalue weighted by Crippen LogP contribution is -1.79. The largest absolute Gasteiger partial charge is 0.456 e. The third-order valence-corrected chi connectivity index (χ3v) is 28.4. The molecule has 0 aliphatic carbocycles. The molecular formula is C121H94O4S4. The van der Waals surface area contributed by atoms with Crippen LogP contribution in [0.3, 0.4) is 0 Å². The van der Waals surface area contributed by atoms with Crippen LogP contribution in [0.2, 0.25) is 0 Å². The molecule has 0 saturated carbocycles. The van der Waals surface area contributed by atoms with Crippen molar-refractivity contribution in [3.05, 3.63) is 457 Å². The molecular weight excluding hydrogens is 1650 g/mol. The van der Waals surface area contributed by atoms with Crippen LogP contribution in [0.1, 0.15) is 50.1 Å². The zero-order chi connectivity index (χ0) is 88.0. The number of benzene rings is 19. The second-order valence-electron chi connectivity index (χ2n) is 33.0. The molecule has 0 N–H and O–H groups in total. The molecule has 8 aromatic heterocycles. The summed E-state index contributed by atoms with van der Waals surface area (Å²) in [6.07, 6.45) is 0. The van der Waals surface area contributed by atoms with Crippen LogP contribution in [0, 0.1) is 62.3 Å². The number of furan rings is 4. The van der Waals surface area contributed by atoms with E-state index in [0.29, 0.717) is 0 Å². The van der Waals surface area contributed by atoms with Crippen LogP contribution in [0.5, 0.6) is 0 Å². The number of thiophene rings is 4. The van der Waals surface area contributed by atoms with Gasteiger partial charge in [0.2, 0.25) is 0 Å². The van der Waals surface area contributed by atoms with Crippen LogP contribution >= 0.6 is 45.3 Å². The summed E-state index contributed by atoms with van der Waals surface area (Å²) in [4.78, 5) is 0. The first-order valence-electron chi connectivity index (χ1n) is 43.7. The van der Waals surface area contributed by atoms with Crippen LogP contribution in [0.15, 0.2) is 424 Å². The van der Waals surface area contributed by atoms with Gasteiger partial charge >= 0.3 is 0 Å². The van der Waals surface area contributed by atoms with E-state index >= 15 is 0 Å². The maximum Gasteiger partial charge on any atom is 0.138 e. The van der Waals surface area contributed by atoms with Gasteiger partial charge in [0.15, 0.2) is 0 Å². The number of hydrogen-bond donors (Lipinski definition) is 0. The van der Waals surface area contributed by atoms with Gasteiger partial charge in [-0.1, -0.05) is 320 Å². The third-order valence-electron chi connectivity index (χ3n) is 23.7. The molecule has 129 heavy (non-hydrogen) atoms. The molecule has 0 aliphatic heterocycles. The molecule has 0 fully saturated rings. The Bertz CT molecular complexity index is 8220. The zero-order valence-electron chi connectivity index (χ0n) is 73.4. The molecule has 626 valence electrons. The normalized spacial score (nSPS) is 11.1. The minimum atomic E-state index is 0.966. The highest BCUT2D eigenvalue weighted by Crippen LogP contribution is 2.41. The molecule has 19 aromatic carbocycles. The fourth-order valence-corrected chi connectivity index (χ4v) is 21.8. The first kappa shape index (κ1) is 84.0. The van der Waals surface area contributed by atoms with E-state index < -0.39 is 0 Å². The maximum atomic E-state index is 5.78. The summed E-state index contributed by atoms with van der Waals surface area (Å²) < 4.78 is 34.1. The number of rotatable bonds is 1. The number of fused-ring (bicyclic) bond motifs is 25. The molecule has 0 bridgehead atoms. The SMILES string of the molecule is Cc1ccc2c(c1)oc1ccccc12.Cc1ccc2c(c1)sc1ccccc12.Cc1ccc2cc(-c3ccccc3)ccc2c1.Cc1ccc2oc3ccccc3c2c1.Cc1ccc2sc3ccccc3c2c1.Cc1cccc2c1oc1ccccc12.Cc1cccc2c1sc1ccccc12.Cc1cccc2oc3ccccc3c12.Cc1cccc2sc3ccccc3c12. The molecule has 0 amide bonds. The van der Waals surface area contributed by atoms with E-state index in [-0.39, 0.29) is 0 Å². The number of aryl methyl sites for hydroxylation is 9. The molecule has 0 aliphatic rings. The predicted octanol–water partition coefficient (Wildman–Crippen LogP) is 37.8. The lowest BCUT2D eigenvalue weighted by Gasteiger charge is -2.04. The summed E-state index contributed by atoms with van der Waals surface area (Å²) in [5.41, 5.74) is 22.1. The van der Waals surface area contributed by atoms with Crippen LogP contribution < -0.4 is 0 Å². The number of para-hydroxylation sites is 5. The van der Waals surface area contributed by atoms with Gasteiger partial charge in [-0.3, -0.25) is 0 Å². The first-order valence-corrected chi connectivity index (χ1v) is 47.0. The van der Waals surface area contributed by atoms with Crippen molar-refractivity contribution in [2.45, 2.75) is 62.3 Å². The Morgan fingerprint density at radius 2 is 0.535 bits per heavy atom. The summed E-state index contributed by atoms with van der Waals surface area (Å²) in [7, 11) is 0. The topological polar surface area (TPSA) is 52.6 Å². The Labute approximate surface area is 766 Å². The van der Waals surface area contributed by atoms with Crippen LogP contribution in [-0.2, 0) is 0 Å². The lowest BCUT2D eigenvalue weighted by atomic mass is 10.0. The van der Waals surface area contributed by atoms with E-state index in [1.54, 1.807) is 0 Å². The highest BCUT2D eigenvalue weighted by molar-refractivity contribution is 7.27. The van der Waals surface area contributed by atoms with Crippen LogP contribution in [0.4, 0.5) is 0 Å². The van der Waals surface area contributed by atoms with Gasteiger partial charge in [0, 0.05) is 124 Å². The van der Waals surface area contributed by atoms with Gasteiger partial charge in [-0.2, -0.15) is 0 Å². The van der Waals surface area contributed by atoms with Gasteiger partial charge < -0.3 is 17.7 Å². The van der Waals surface area contributed by atoms with E-state index in [2.05, 4.69) is 372 Å². The summed E-state index contributed by atoms with van der Waals surface area (Å²) in [6, 6.07) is 142. The highest BCUT2D eigenvalue weighted by atomic mass is 32.1. The van der Waals surface area contributed by atoms with Gasteiger partial charge in [0.1, 0.15) is 44.7 Å². The van der Waals surface area contributed by atoms with Crippen molar-refractivity contribution in [1.29, 1.82) is 0 Å². The maximum absolute atomic E-state index is 5.78. The standard InChI is InChI=1S/C17H14.4C13H10O.4C13H10S/c1-13-7-8-17-12-16(10-9-15(17)11-13)14-5-3-2-4-6-14;1-9-5-4-7-11-10-6-2-3-8-12(10)14-13(9)11;1-9-5-4-8-12-13(9)10-6-2-3-7-11(10)14-12;1-9-6-7-13-11(8-9)10-4-2-3-5-12(10)14-13;1-9-6-7-11-10-4-2-3-5-12(10)14-13(11)8-9;1-9-5-4-7-11-10-6-2-3-8-12(10)14-13(9)11;1-9-5-4-8-12-13(9)10-6-2-3-7-11(10)14-12;1-9-6-7-13-11(8-9)10-4-2-3-5-12(10)14-13;1-9-6-7-11-10-4-2-3-5-12(10)14-13(11)8-9/h2-12H,1H3;8*2-8H,1H3. The van der Waals surface area contributed by atoms with Crippen LogP contribution in [0.25, 0.3) is 190 Å². The minimum Gasteiger partial charge on any atom is -0.456 e. The molecule has 0 saturated heterocycles. The number of hydrogen-bond acceptors (Lipinski definition) is 8. The Morgan fingerprint density at radius 3 is 1.22 bits per heavy atom. The van der Waals surface area contributed by atoms with Crippen molar-refractivity contribution in [2.24, 2.45) is 0 Å². The lowest BCUT2D eigenvalue weighted by molar-refractivity contribution is 0.665. The van der Waals surface area contributed by atoms with Crippen molar-refractivity contribution >= 4 is 225 Å². The second kappa shape index (κ2) is 37.6. The Morgan fingerprint density at radius 1 is 0.163 bits per heavy atom. The average molecular weight is 1740 g/mol. The first-order chi connectivity index (χ1) is 63.1. The Kier molecular flexibility index (Phi) is 24.5. The van der Waals surface area contributed by atoms with Crippen molar-refractivity contribution in [1.82, 2.24) is 0 Å². The van der Waals surface area contributed by atoms with Gasteiger partial charge in [-0.05, 0) is 221 Å². The summed E-state index contributed by atoms with van der Waals surface area (Å²) in [6.45, 7) is 19.1. The average Bonchev–Trinajstić information content (AvgIpc) is 1.62. The Hall–Kier alpha value is -14.5. The second-order valence-corrected chi connectivity index (χ2v) is 37.3. The summed E-state index contributed by atoms with van der Waals surface area (Å²) >= 11 is 7.51. The molecule has 8 heteroatoms. The van der Waals surface area contributed by atoms with Crippen LogP contribution in [-0.4, -0.2) is 0 Å². The highest BCUT2D eigenvalue weighted by Gasteiger charge is 2.14. The minimum absolute atomic E-state index is 0.966. The van der Waals surface area contributed by atoms with E-state index in [0.717, 1.165) is 44.7 Å². The van der Waals surface area contributed by atoms with Gasteiger partial charge in [-0.15, -0.1) is 45.3 Å². The predicted molar refractivity (Wildman–Crippen MR) is 564 cm³/mol. The van der Waals surface area contributed by atoms with Crippen molar-refractivity contribution < 1.29 is 17.7 Å². The monoisotopic (exact) mass is 1740 g/mol. The van der Waals surface area contributed by atoms with Crippen molar-refractivity contribution in [3.63, 3.8) is 0 Å². The molecule has 8 heterocycles. The molecule has 0 unspecified atom stereocenters. The molecule has 27 aromatic rings. The molecule has 0 atom stereocenters. The van der Waals surface area contributed by atoms with E-state index in [4.69, 9.17) is 17.7 Å². The third kappa shape index (κ3) is 18.1. The van der Waals surface area contributed by atoms with E-state index in [1.807, 2.05) is 142 Å². The fraction of sp³-hybridized carbons (Fsp3) is 0.0744. The fourth-order valence-electron chi connectivity index (χ4n) is 17.2. The molecule has 27 rings (SSSR count). The van der Waals surface area contributed by atoms with Crippen molar-refractivity contribution in [2.75, 3.05) is 0 Å². The molecule has 4 nitrogen and oxygen atoms in total. The summed E-state index contributed by atoms with van der Waals surface area (Å²) in [5, 5.41) is 23.4.